The van der Waals surface area contributed by atoms with Crippen molar-refractivity contribution in [2.24, 2.45) is 0 Å². The SMILES string of the molecule is c1cc(-c2cn3nc(NCCN4CCOCC4)sc3n2)cs1. The highest BCUT2D eigenvalue weighted by atomic mass is 32.1. The lowest BCUT2D eigenvalue weighted by molar-refractivity contribution is 0.0398. The molecule has 116 valence electrons. The number of morpholine rings is 1. The largest absolute Gasteiger partial charge is 0.379 e. The van der Waals surface area contributed by atoms with Crippen LogP contribution in [0.25, 0.3) is 16.2 Å². The molecule has 1 saturated heterocycles. The maximum atomic E-state index is 5.35. The van der Waals surface area contributed by atoms with Crippen molar-refractivity contribution in [3.8, 4) is 11.3 Å². The highest BCUT2D eigenvalue weighted by molar-refractivity contribution is 7.20. The van der Waals surface area contributed by atoms with E-state index in [0.717, 1.165) is 60.7 Å². The summed E-state index contributed by atoms with van der Waals surface area (Å²) in [4.78, 5) is 7.97. The number of ether oxygens (including phenoxy) is 1. The first-order valence-corrected chi connectivity index (χ1v) is 9.07. The number of fused-ring (bicyclic) bond motifs is 1. The van der Waals surface area contributed by atoms with Gasteiger partial charge in [0, 0.05) is 37.1 Å². The lowest BCUT2D eigenvalue weighted by Gasteiger charge is -2.26. The summed E-state index contributed by atoms with van der Waals surface area (Å²) in [5.41, 5.74) is 2.14. The Hall–Kier alpha value is -1.48. The van der Waals surface area contributed by atoms with Crippen LogP contribution < -0.4 is 5.32 Å². The van der Waals surface area contributed by atoms with Gasteiger partial charge in [0.15, 0.2) is 0 Å². The van der Waals surface area contributed by atoms with Crippen molar-refractivity contribution in [2.45, 2.75) is 0 Å². The molecule has 3 aromatic heterocycles. The van der Waals surface area contributed by atoms with E-state index in [1.165, 1.54) is 0 Å². The molecule has 4 rings (SSSR count). The summed E-state index contributed by atoms with van der Waals surface area (Å²) in [7, 11) is 0. The van der Waals surface area contributed by atoms with Crippen LogP contribution in [0.3, 0.4) is 0 Å². The lowest BCUT2D eigenvalue weighted by atomic mass is 10.3. The van der Waals surface area contributed by atoms with Gasteiger partial charge in [0.1, 0.15) is 0 Å². The van der Waals surface area contributed by atoms with Crippen LogP contribution in [0.1, 0.15) is 0 Å². The molecule has 6 nitrogen and oxygen atoms in total. The van der Waals surface area contributed by atoms with Gasteiger partial charge in [-0.25, -0.2) is 9.50 Å². The second-order valence-electron chi connectivity index (χ2n) is 5.15. The van der Waals surface area contributed by atoms with Crippen molar-refractivity contribution in [3.05, 3.63) is 23.0 Å². The second kappa shape index (κ2) is 6.33. The van der Waals surface area contributed by atoms with Crippen molar-refractivity contribution >= 4 is 32.8 Å². The number of nitrogens with one attached hydrogen (secondary N) is 1. The maximum absolute atomic E-state index is 5.35. The standard InChI is InChI=1S/C14H17N5OS2/c1-8-21-10-11(1)12-9-19-14(16-12)22-13(17-19)15-2-3-18-4-6-20-7-5-18/h1,8-10H,2-7H2,(H,15,17). The van der Waals surface area contributed by atoms with Gasteiger partial charge < -0.3 is 10.1 Å². The molecule has 0 saturated carbocycles. The molecule has 22 heavy (non-hydrogen) atoms. The minimum Gasteiger partial charge on any atom is -0.379 e. The number of imidazole rings is 1. The average molecular weight is 335 g/mol. The maximum Gasteiger partial charge on any atom is 0.214 e. The molecule has 0 atom stereocenters. The predicted octanol–water partition coefficient (Wildman–Crippen LogP) is 2.26. The number of aromatic nitrogens is 3. The third kappa shape index (κ3) is 3.00. The fraction of sp³-hybridized carbons (Fsp3) is 0.429. The van der Waals surface area contributed by atoms with Gasteiger partial charge in [0.2, 0.25) is 10.1 Å². The van der Waals surface area contributed by atoms with E-state index >= 15 is 0 Å². The lowest BCUT2D eigenvalue weighted by Crippen LogP contribution is -2.39. The molecule has 0 aliphatic carbocycles. The highest BCUT2D eigenvalue weighted by Gasteiger charge is 2.12. The first-order chi connectivity index (χ1) is 10.9. The third-order valence-electron chi connectivity index (χ3n) is 3.67. The van der Waals surface area contributed by atoms with Crippen molar-refractivity contribution in [1.29, 1.82) is 0 Å². The van der Waals surface area contributed by atoms with E-state index in [9.17, 15) is 0 Å². The Morgan fingerprint density at radius 3 is 3.00 bits per heavy atom. The van der Waals surface area contributed by atoms with E-state index in [1.54, 1.807) is 22.7 Å². The van der Waals surface area contributed by atoms with E-state index in [1.807, 2.05) is 10.7 Å². The summed E-state index contributed by atoms with van der Waals surface area (Å²) in [5.74, 6) is 0. The van der Waals surface area contributed by atoms with Crippen LogP contribution >= 0.6 is 22.7 Å². The number of thiophene rings is 1. The van der Waals surface area contributed by atoms with Gasteiger partial charge in [-0.1, -0.05) is 11.3 Å². The van der Waals surface area contributed by atoms with E-state index in [-0.39, 0.29) is 0 Å². The molecule has 3 aromatic rings. The monoisotopic (exact) mass is 335 g/mol. The molecule has 0 aromatic carbocycles. The third-order valence-corrected chi connectivity index (χ3v) is 5.23. The molecule has 1 aliphatic rings. The van der Waals surface area contributed by atoms with Crippen LogP contribution in [0.5, 0.6) is 0 Å². The second-order valence-corrected chi connectivity index (χ2v) is 6.89. The van der Waals surface area contributed by atoms with Crippen molar-refractivity contribution in [1.82, 2.24) is 19.5 Å². The fourth-order valence-electron chi connectivity index (χ4n) is 2.47. The quantitative estimate of drug-likeness (QED) is 0.775. The van der Waals surface area contributed by atoms with Crippen LogP contribution in [0.15, 0.2) is 23.0 Å². The van der Waals surface area contributed by atoms with Crippen molar-refractivity contribution in [2.75, 3.05) is 44.7 Å². The molecule has 8 heteroatoms. The van der Waals surface area contributed by atoms with E-state index < -0.39 is 0 Å². The van der Waals surface area contributed by atoms with Crippen LogP contribution in [0, 0.1) is 0 Å². The Bertz CT molecular complexity index is 698. The van der Waals surface area contributed by atoms with E-state index in [0.29, 0.717) is 0 Å². The average Bonchev–Trinajstić information content (AvgIpc) is 3.23. The number of anilines is 1. The first kappa shape index (κ1) is 14.1. The summed E-state index contributed by atoms with van der Waals surface area (Å²) in [6.45, 7) is 5.64. The van der Waals surface area contributed by atoms with Crippen LogP contribution in [0.4, 0.5) is 5.13 Å². The summed E-state index contributed by atoms with van der Waals surface area (Å²) in [6.07, 6.45) is 1.99. The van der Waals surface area contributed by atoms with Gasteiger partial charge in [0.05, 0.1) is 25.1 Å². The van der Waals surface area contributed by atoms with Gasteiger partial charge >= 0.3 is 0 Å². The van der Waals surface area contributed by atoms with Crippen molar-refractivity contribution in [3.63, 3.8) is 0 Å². The molecular formula is C14H17N5OS2. The molecule has 1 aliphatic heterocycles. The van der Waals surface area contributed by atoms with Crippen LogP contribution in [0.2, 0.25) is 0 Å². The Kier molecular flexibility index (Phi) is 4.07. The molecular weight excluding hydrogens is 318 g/mol. The number of hydrogen-bond donors (Lipinski definition) is 1. The molecule has 1 fully saturated rings. The summed E-state index contributed by atoms with van der Waals surface area (Å²) in [5, 5.41) is 13.0. The molecule has 4 heterocycles. The summed E-state index contributed by atoms with van der Waals surface area (Å²) >= 11 is 3.27. The van der Waals surface area contributed by atoms with Gasteiger partial charge in [-0.05, 0) is 11.4 Å². The zero-order chi connectivity index (χ0) is 14.8. The number of rotatable bonds is 5. The Balaban J connectivity index is 1.37. The van der Waals surface area contributed by atoms with Crippen LogP contribution in [-0.2, 0) is 4.74 Å². The number of hydrogen-bond acceptors (Lipinski definition) is 7. The van der Waals surface area contributed by atoms with Gasteiger partial charge in [-0.2, -0.15) is 11.3 Å². The first-order valence-electron chi connectivity index (χ1n) is 7.31. The summed E-state index contributed by atoms with van der Waals surface area (Å²) in [6, 6.07) is 2.08. The Morgan fingerprint density at radius 1 is 1.32 bits per heavy atom. The Labute approximate surface area is 136 Å². The molecule has 0 amide bonds. The fourth-order valence-corrected chi connectivity index (χ4v) is 3.92. The highest BCUT2D eigenvalue weighted by Crippen LogP contribution is 2.25. The molecule has 0 bridgehead atoms. The van der Waals surface area contributed by atoms with Crippen molar-refractivity contribution < 1.29 is 4.74 Å². The zero-order valence-electron chi connectivity index (χ0n) is 12.1. The molecule has 0 unspecified atom stereocenters. The zero-order valence-corrected chi connectivity index (χ0v) is 13.7. The minimum atomic E-state index is 0.844. The van der Waals surface area contributed by atoms with Gasteiger partial charge in [-0.3, -0.25) is 4.90 Å². The molecule has 0 radical (unpaired) electrons. The van der Waals surface area contributed by atoms with Gasteiger partial charge in [-0.15, -0.1) is 5.10 Å². The van der Waals surface area contributed by atoms with Crippen LogP contribution in [-0.4, -0.2) is 58.9 Å². The van der Waals surface area contributed by atoms with E-state index in [4.69, 9.17) is 4.74 Å². The van der Waals surface area contributed by atoms with Gasteiger partial charge in [0.25, 0.3) is 0 Å². The smallest absolute Gasteiger partial charge is 0.214 e. The summed E-state index contributed by atoms with van der Waals surface area (Å²) < 4.78 is 7.21. The predicted molar refractivity (Wildman–Crippen MR) is 89.9 cm³/mol. The number of nitrogens with zero attached hydrogens (tertiary/aromatic N) is 4. The molecule has 0 spiro atoms. The normalized spacial score (nSPS) is 16.4. The van der Waals surface area contributed by atoms with E-state index in [2.05, 4.69) is 37.1 Å². The Morgan fingerprint density at radius 2 is 2.23 bits per heavy atom. The topological polar surface area (TPSA) is 54.7 Å². The molecule has 1 N–H and O–H groups in total. The minimum absolute atomic E-state index is 0.844.